The van der Waals surface area contributed by atoms with Gasteiger partial charge in [0.25, 0.3) is 5.91 Å². The van der Waals surface area contributed by atoms with E-state index in [2.05, 4.69) is 0 Å². The number of carbonyl (C=O) groups is 1. The van der Waals surface area contributed by atoms with Crippen LogP contribution in [-0.2, 0) is 21.1 Å². The molecular formula is C19H19NO6S. The third kappa shape index (κ3) is 3.12. The van der Waals surface area contributed by atoms with E-state index >= 15 is 0 Å². The third-order valence-corrected chi connectivity index (χ3v) is 6.27. The number of nitrogens with two attached hydrogens (primary N) is 1. The van der Waals surface area contributed by atoms with Gasteiger partial charge in [-0.2, -0.15) is 0 Å². The molecule has 1 heterocycles. The van der Waals surface area contributed by atoms with Gasteiger partial charge in [0.05, 0.1) is 26.2 Å². The second kappa shape index (κ2) is 6.96. The Bertz CT molecular complexity index is 1030. The highest BCUT2D eigenvalue weighted by molar-refractivity contribution is 7.96. The summed E-state index contributed by atoms with van der Waals surface area (Å²) >= 11 is 0. The Morgan fingerprint density at radius 1 is 1.04 bits per heavy atom. The number of hydrogen-bond acceptors (Lipinski definition) is 6. The van der Waals surface area contributed by atoms with Crippen LogP contribution < -0.4 is 19.9 Å². The Morgan fingerprint density at radius 2 is 1.67 bits per heavy atom. The van der Waals surface area contributed by atoms with Crippen LogP contribution in [0.4, 0.5) is 0 Å². The number of carbonyl (C=O) groups excluding carboxylic acids is 1. The third-order valence-electron chi connectivity index (χ3n) is 4.44. The van der Waals surface area contributed by atoms with E-state index in [0.29, 0.717) is 34.8 Å². The zero-order valence-corrected chi connectivity index (χ0v) is 15.9. The summed E-state index contributed by atoms with van der Waals surface area (Å²) in [6.45, 7) is 0. The number of benzene rings is 2. The summed E-state index contributed by atoms with van der Waals surface area (Å²) in [7, 11) is 0.703. The number of sulfone groups is 1. The normalized spacial score (nSPS) is 14.3. The van der Waals surface area contributed by atoms with Gasteiger partial charge >= 0.3 is 0 Å². The molecule has 1 aliphatic heterocycles. The molecule has 2 N–H and O–H groups in total. The quantitative estimate of drug-likeness (QED) is 0.809. The van der Waals surface area contributed by atoms with Gasteiger partial charge in [-0.1, -0.05) is 12.1 Å². The monoisotopic (exact) mass is 389 g/mol. The molecule has 0 fully saturated rings. The summed E-state index contributed by atoms with van der Waals surface area (Å²) in [5, 5.41) is 0. The molecule has 1 aliphatic rings. The van der Waals surface area contributed by atoms with Crippen molar-refractivity contribution in [2.24, 2.45) is 5.73 Å². The molecule has 0 aliphatic carbocycles. The van der Waals surface area contributed by atoms with Crippen molar-refractivity contribution in [3.63, 3.8) is 0 Å². The van der Waals surface area contributed by atoms with E-state index < -0.39 is 20.6 Å². The van der Waals surface area contributed by atoms with Crippen molar-refractivity contribution in [2.75, 3.05) is 21.3 Å². The van der Waals surface area contributed by atoms with Crippen molar-refractivity contribution < 1.29 is 27.4 Å². The Balaban J connectivity index is 2.15. The Morgan fingerprint density at radius 3 is 2.19 bits per heavy atom. The minimum atomic E-state index is -3.90. The Labute approximate surface area is 157 Å². The highest BCUT2D eigenvalue weighted by Crippen LogP contribution is 2.39. The molecule has 0 atom stereocenters. The Hall–Kier alpha value is -3.00. The second-order valence-electron chi connectivity index (χ2n) is 5.89. The maximum absolute atomic E-state index is 12.5. The van der Waals surface area contributed by atoms with E-state index in [1.165, 1.54) is 26.4 Å². The number of hydrogen-bond donors (Lipinski definition) is 1. The van der Waals surface area contributed by atoms with Crippen molar-refractivity contribution in [2.45, 2.75) is 11.3 Å². The lowest BCUT2D eigenvalue weighted by Crippen LogP contribution is -2.18. The molecule has 0 spiro atoms. The molecule has 7 nitrogen and oxygen atoms in total. The van der Waals surface area contributed by atoms with Gasteiger partial charge in [0.1, 0.15) is 22.2 Å². The molecule has 3 rings (SSSR count). The SMILES string of the molecule is COc1cc(OC)c(Cc2cccc3c2C=C(C(N)=O)S3(=O)=O)c(OC)c1. The molecular weight excluding hydrogens is 370 g/mol. The minimum absolute atomic E-state index is 0.0697. The lowest BCUT2D eigenvalue weighted by Gasteiger charge is -2.16. The number of ether oxygens (including phenoxy) is 3. The summed E-state index contributed by atoms with van der Waals surface area (Å²) in [4.78, 5) is 11.2. The number of primary amides is 1. The van der Waals surface area contributed by atoms with Crippen LogP contribution in [0.2, 0.25) is 0 Å². The minimum Gasteiger partial charge on any atom is -0.496 e. The Kier molecular flexibility index (Phi) is 4.84. The number of methoxy groups -OCH3 is 3. The fourth-order valence-corrected chi connectivity index (χ4v) is 4.63. The largest absolute Gasteiger partial charge is 0.496 e. The molecule has 1 amide bonds. The molecule has 0 unspecified atom stereocenters. The first-order valence-corrected chi connectivity index (χ1v) is 9.49. The number of fused-ring (bicyclic) bond motifs is 1. The van der Waals surface area contributed by atoms with Crippen LogP contribution in [0, 0.1) is 0 Å². The molecule has 142 valence electrons. The number of amides is 1. The summed E-state index contributed by atoms with van der Waals surface area (Å²) in [6, 6.07) is 8.33. The summed E-state index contributed by atoms with van der Waals surface area (Å²) in [6.07, 6.45) is 1.66. The van der Waals surface area contributed by atoms with E-state index in [1.54, 1.807) is 31.4 Å². The van der Waals surface area contributed by atoms with Crippen molar-refractivity contribution in [1.82, 2.24) is 0 Å². The van der Waals surface area contributed by atoms with Crippen LogP contribution in [0.3, 0.4) is 0 Å². The molecule has 8 heteroatoms. The van der Waals surface area contributed by atoms with Crippen LogP contribution in [0.25, 0.3) is 6.08 Å². The second-order valence-corrected chi connectivity index (χ2v) is 7.78. The van der Waals surface area contributed by atoms with E-state index in [1.807, 2.05) is 0 Å². The van der Waals surface area contributed by atoms with E-state index in [0.717, 1.165) is 5.56 Å². The molecule has 0 saturated carbocycles. The van der Waals surface area contributed by atoms with E-state index in [4.69, 9.17) is 19.9 Å². The molecule has 2 aromatic carbocycles. The molecule has 2 aromatic rings. The van der Waals surface area contributed by atoms with Crippen molar-refractivity contribution >= 4 is 21.8 Å². The van der Waals surface area contributed by atoms with Gasteiger partial charge in [-0.05, 0) is 23.3 Å². The smallest absolute Gasteiger partial charge is 0.260 e. The standard InChI is InChI=1S/C19H19NO6S/c1-24-12-8-15(25-2)14(16(9-12)26-3)7-11-5-4-6-17-13(11)10-18(19(20)21)27(17,22)23/h4-6,8-10H,7H2,1-3H3,(H2,20,21). The molecule has 0 bridgehead atoms. The zero-order chi connectivity index (χ0) is 19.8. The van der Waals surface area contributed by atoms with Gasteiger partial charge in [-0.15, -0.1) is 0 Å². The molecule has 0 saturated heterocycles. The fraction of sp³-hybridized carbons (Fsp3) is 0.211. The first kappa shape index (κ1) is 18.8. The first-order valence-electron chi connectivity index (χ1n) is 8.00. The van der Waals surface area contributed by atoms with Crippen LogP contribution in [-0.4, -0.2) is 35.7 Å². The van der Waals surface area contributed by atoms with Crippen LogP contribution in [0.5, 0.6) is 17.2 Å². The molecule has 0 radical (unpaired) electrons. The average molecular weight is 389 g/mol. The highest BCUT2D eigenvalue weighted by atomic mass is 32.2. The maximum Gasteiger partial charge on any atom is 0.260 e. The van der Waals surface area contributed by atoms with Crippen LogP contribution in [0.1, 0.15) is 16.7 Å². The van der Waals surface area contributed by atoms with Crippen molar-refractivity contribution in [3.8, 4) is 17.2 Å². The van der Waals surface area contributed by atoms with Crippen molar-refractivity contribution in [1.29, 1.82) is 0 Å². The summed E-state index contributed by atoms with van der Waals surface area (Å²) in [5.41, 5.74) is 7.12. The average Bonchev–Trinajstić information content (AvgIpc) is 2.93. The van der Waals surface area contributed by atoms with Gasteiger partial charge in [0.15, 0.2) is 0 Å². The van der Waals surface area contributed by atoms with Gasteiger partial charge in [0, 0.05) is 24.1 Å². The van der Waals surface area contributed by atoms with Gasteiger partial charge in [0.2, 0.25) is 9.84 Å². The predicted molar refractivity (Wildman–Crippen MR) is 99.7 cm³/mol. The van der Waals surface area contributed by atoms with Crippen LogP contribution >= 0.6 is 0 Å². The van der Waals surface area contributed by atoms with Gasteiger partial charge in [-0.25, -0.2) is 8.42 Å². The van der Waals surface area contributed by atoms with Gasteiger partial charge in [-0.3, -0.25) is 4.79 Å². The molecule has 0 aromatic heterocycles. The van der Waals surface area contributed by atoms with Gasteiger partial charge < -0.3 is 19.9 Å². The zero-order valence-electron chi connectivity index (χ0n) is 15.1. The van der Waals surface area contributed by atoms with E-state index in [9.17, 15) is 13.2 Å². The first-order chi connectivity index (χ1) is 12.8. The highest BCUT2D eigenvalue weighted by Gasteiger charge is 2.34. The predicted octanol–water partition coefficient (Wildman–Crippen LogP) is 1.92. The maximum atomic E-state index is 12.5. The number of rotatable bonds is 6. The van der Waals surface area contributed by atoms with Crippen LogP contribution in [0.15, 0.2) is 40.1 Å². The van der Waals surface area contributed by atoms with E-state index in [-0.39, 0.29) is 4.90 Å². The summed E-state index contributed by atoms with van der Waals surface area (Å²) in [5.74, 6) is 0.688. The fourth-order valence-electron chi connectivity index (χ4n) is 3.11. The lowest BCUT2D eigenvalue weighted by molar-refractivity contribution is -0.113. The molecule has 27 heavy (non-hydrogen) atoms. The summed E-state index contributed by atoms with van der Waals surface area (Å²) < 4.78 is 41.2. The lowest BCUT2D eigenvalue weighted by atomic mass is 9.98. The topological polar surface area (TPSA) is 105 Å². The van der Waals surface area contributed by atoms with Crippen molar-refractivity contribution in [3.05, 3.63) is 51.9 Å².